The molecule has 0 aliphatic heterocycles. The number of ether oxygens (including phenoxy) is 1. The maximum atomic E-state index is 11.7. The lowest BCUT2D eigenvalue weighted by atomic mass is 10.1. The zero-order chi connectivity index (χ0) is 21.2. The molecule has 0 aromatic rings. The Labute approximate surface area is 174 Å². The van der Waals surface area contributed by atoms with Gasteiger partial charge in [-0.3, -0.25) is 0 Å². The Morgan fingerprint density at radius 1 is 0.893 bits per heavy atom. The van der Waals surface area contributed by atoms with Crippen LogP contribution in [0, 0.1) is 0 Å². The zero-order valence-corrected chi connectivity index (χ0v) is 19.4. The highest BCUT2D eigenvalue weighted by molar-refractivity contribution is 5.67. The Kier molecular flexibility index (Phi) is 16.6. The van der Waals surface area contributed by atoms with Crippen LogP contribution >= 0.6 is 0 Å². The number of allylic oxidation sites excluding steroid dienone is 6. The molecule has 3 heteroatoms. The standard InChI is InChI=1S/C25H45NO2/c1-7-8-9-10-20-26-25(27)28-24(6)19-13-18-23(5)17-12-16-22(4)15-11-14-21(2)3/h14,16,18,24H,7-13,15,17,19-20H2,1-6H3,(H,26,27). The van der Waals surface area contributed by atoms with Gasteiger partial charge in [0.05, 0.1) is 0 Å². The van der Waals surface area contributed by atoms with Gasteiger partial charge in [0.15, 0.2) is 0 Å². The van der Waals surface area contributed by atoms with E-state index >= 15 is 0 Å². The Bertz CT molecular complexity index is 499. The molecule has 3 nitrogen and oxygen atoms in total. The lowest BCUT2D eigenvalue weighted by Crippen LogP contribution is -2.28. The summed E-state index contributed by atoms with van der Waals surface area (Å²) in [5.41, 5.74) is 4.29. The van der Waals surface area contributed by atoms with E-state index in [0.717, 1.165) is 44.9 Å². The molecule has 0 saturated carbocycles. The van der Waals surface area contributed by atoms with Crippen LogP contribution in [0.15, 0.2) is 34.9 Å². The predicted octanol–water partition coefficient (Wildman–Crippen LogP) is 7.88. The van der Waals surface area contributed by atoms with Crippen LogP contribution in [0.25, 0.3) is 0 Å². The van der Waals surface area contributed by atoms with E-state index in [0.29, 0.717) is 6.54 Å². The van der Waals surface area contributed by atoms with E-state index in [1.165, 1.54) is 36.0 Å². The summed E-state index contributed by atoms with van der Waals surface area (Å²) < 4.78 is 5.41. The van der Waals surface area contributed by atoms with E-state index in [1.54, 1.807) is 0 Å². The summed E-state index contributed by atoms with van der Waals surface area (Å²) in [6.45, 7) is 13.6. The largest absolute Gasteiger partial charge is 0.447 e. The van der Waals surface area contributed by atoms with Crippen molar-refractivity contribution in [2.24, 2.45) is 0 Å². The summed E-state index contributed by atoms with van der Waals surface area (Å²) >= 11 is 0. The van der Waals surface area contributed by atoms with Gasteiger partial charge in [-0.2, -0.15) is 0 Å². The summed E-state index contributed by atoms with van der Waals surface area (Å²) in [4.78, 5) is 11.7. The van der Waals surface area contributed by atoms with Gasteiger partial charge >= 0.3 is 6.09 Å². The third-order valence-corrected chi connectivity index (χ3v) is 4.80. The average Bonchev–Trinajstić information content (AvgIpc) is 2.61. The van der Waals surface area contributed by atoms with Gasteiger partial charge in [-0.15, -0.1) is 0 Å². The van der Waals surface area contributed by atoms with Crippen molar-refractivity contribution >= 4 is 6.09 Å². The van der Waals surface area contributed by atoms with Crippen LogP contribution in [0.5, 0.6) is 0 Å². The van der Waals surface area contributed by atoms with Crippen molar-refractivity contribution in [1.29, 1.82) is 0 Å². The highest BCUT2D eigenvalue weighted by Crippen LogP contribution is 2.13. The van der Waals surface area contributed by atoms with Gasteiger partial charge in [0.1, 0.15) is 6.10 Å². The van der Waals surface area contributed by atoms with Gasteiger partial charge in [-0.05, 0) is 79.6 Å². The van der Waals surface area contributed by atoms with Crippen LogP contribution in [-0.4, -0.2) is 18.7 Å². The zero-order valence-electron chi connectivity index (χ0n) is 19.4. The second-order valence-electron chi connectivity index (χ2n) is 8.24. The number of nitrogens with one attached hydrogen (secondary N) is 1. The monoisotopic (exact) mass is 391 g/mol. The Hall–Kier alpha value is -1.51. The molecular formula is C25H45NO2. The second kappa shape index (κ2) is 17.6. The highest BCUT2D eigenvalue weighted by Gasteiger charge is 2.07. The van der Waals surface area contributed by atoms with Crippen molar-refractivity contribution in [1.82, 2.24) is 5.32 Å². The smallest absolute Gasteiger partial charge is 0.407 e. The van der Waals surface area contributed by atoms with Gasteiger partial charge in [-0.25, -0.2) is 4.79 Å². The second-order valence-corrected chi connectivity index (χ2v) is 8.24. The molecule has 0 aromatic carbocycles. The lowest BCUT2D eigenvalue weighted by molar-refractivity contribution is 0.103. The molecule has 0 radical (unpaired) electrons. The van der Waals surface area contributed by atoms with Crippen LogP contribution in [0.3, 0.4) is 0 Å². The van der Waals surface area contributed by atoms with Crippen molar-refractivity contribution in [3.8, 4) is 0 Å². The number of hydrogen-bond donors (Lipinski definition) is 1. The molecular weight excluding hydrogens is 346 g/mol. The summed E-state index contributed by atoms with van der Waals surface area (Å²) in [5, 5.41) is 2.84. The van der Waals surface area contributed by atoms with Crippen molar-refractivity contribution in [2.45, 2.75) is 112 Å². The molecule has 0 fully saturated rings. The van der Waals surface area contributed by atoms with Crippen molar-refractivity contribution in [3.05, 3.63) is 34.9 Å². The summed E-state index contributed by atoms with van der Waals surface area (Å²) in [7, 11) is 0. The van der Waals surface area contributed by atoms with Crippen LogP contribution in [0.2, 0.25) is 0 Å². The molecule has 1 N–H and O–H groups in total. The fourth-order valence-electron chi connectivity index (χ4n) is 2.93. The predicted molar refractivity (Wildman–Crippen MR) is 123 cm³/mol. The topological polar surface area (TPSA) is 38.3 Å². The Balaban J connectivity index is 3.88. The molecule has 162 valence electrons. The molecule has 0 bridgehead atoms. The van der Waals surface area contributed by atoms with E-state index in [2.05, 4.69) is 58.2 Å². The molecule has 0 aliphatic rings. The minimum absolute atomic E-state index is 0.0445. The van der Waals surface area contributed by atoms with Crippen LogP contribution in [0.1, 0.15) is 106 Å². The van der Waals surface area contributed by atoms with Gasteiger partial charge in [0.2, 0.25) is 0 Å². The van der Waals surface area contributed by atoms with Gasteiger partial charge in [-0.1, -0.05) is 61.1 Å². The third kappa shape index (κ3) is 17.9. The molecule has 0 aromatic heterocycles. The molecule has 0 saturated heterocycles. The van der Waals surface area contributed by atoms with E-state index in [4.69, 9.17) is 4.74 Å². The van der Waals surface area contributed by atoms with Crippen molar-refractivity contribution < 1.29 is 9.53 Å². The Morgan fingerprint density at radius 3 is 2.11 bits per heavy atom. The number of rotatable bonds is 15. The normalized spacial score (nSPS) is 13.2. The minimum Gasteiger partial charge on any atom is -0.447 e. The van der Waals surface area contributed by atoms with Crippen LogP contribution < -0.4 is 5.32 Å². The lowest BCUT2D eigenvalue weighted by Gasteiger charge is -2.13. The first-order valence-corrected chi connectivity index (χ1v) is 11.2. The molecule has 1 atom stereocenters. The first kappa shape index (κ1) is 26.5. The van der Waals surface area contributed by atoms with E-state index in [-0.39, 0.29) is 12.2 Å². The first-order chi connectivity index (χ1) is 13.3. The van der Waals surface area contributed by atoms with Gasteiger partial charge in [0, 0.05) is 6.54 Å². The number of amides is 1. The molecule has 0 aliphatic carbocycles. The highest BCUT2D eigenvalue weighted by atomic mass is 16.6. The quantitative estimate of drug-likeness (QED) is 0.228. The summed E-state index contributed by atoms with van der Waals surface area (Å²) in [6.07, 6.45) is 17.6. The average molecular weight is 392 g/mol. The fraction of sp³-hybridized carbons (Fsp3) is 0.720. The molecule has 1 amide bonds. The maximum Gasteiger partial charge on any atom is 0.407 e. The third-order valence-electron chi connectivity index (χ3n) is 4.80. The molecule has 0 spiro atoms. The van der Waals surface area contributed by atoms with E-state index in [1.807, 2.05) is 6.92 Å². The van der Waals surface area contributed by atoms with Gasteiger partial charge in [0.25, 0.3) is 0 Å². The number of alkyl carbamates (subject to hydrolysis) is 1. The molecule has 0 rings (SSSR count). The van der Waals surface area contributed by atoms with Gasteiger partial charge < -0.3 is 10.1 Å². The number of carbonyl (C=O) groups excluding carboxylic acids is 1. The van der Waals surface area contributed by atoms with Crippen molar-refractivity contribution in [3.63, 3.8) is 0 Å². The summed E-state index contributed by atoms with van der Waals surface area (Å²) in [5.74, 6) is 0. The molecule has 1 unspecified atom stereocenters. The number of hydrogen-bond acceptors (Lipinski definition) is 2. The van der Waals surface area contributed by atoms with Crippen LogP contribution in [-0.2, 0) is 4.74 Å². The fourth-order valence-corrected chi connectivity index (χ4v) is 2.93. The number of unbranched alkanes of at least 4 members (excludes halogenated alkanes) is 3. The SMILES string of the molecule is CCCCCCNC(=O)OC(C)CCC=C(C)CCC=C(C)CCC=C(C)C. The maximum absolute atomic E-state index is 11.7. The first-order valence-electron chi connectivity index (χ1n) is 11.2. The minimum atomic E-state index is -0.279. The number of carbonyl (C=O) groups is 1. The van der Waals surface area contributed by atoms with Crippen molar-refractivity contribution in [2.75, 3.05) is 6.54 Å². The molecule has 0 heterocycles. The van der Waals surface area contributed by atoms with Crippen LogP contribution in [0.4, 0.5) is 4.79 Å². The van der Waals surface area contributed by atoms with E-state index in [9.17, 15) is 4.79 Å². The van der Waals surface area contributed by atoms with E-state index < -0.39 is 0 Å². The Morgan fingerprint density at radius 2 is 1.50 bits per heavy atom. The molecule has 28 heavy (non-hydrogen) atoms. The summed E-state index contributed by atoms with van der Waals surface area (Å²) in [6, 6.07) is 0.